The van der Waals surface area contributed by atoms with Crippen LogP contribution in [0.2, 0.25) is 0 Å². The van der Waals surface area contributed by atoms with E-state index in [0.29, 0.717) is 58.7 Å². The van der Waals surface area contributed by atoms with Gasteiger partial charge in [-0.2, -0.15) is 0 Å². The molecule has 14 nitrogen and oxygen atoms in total. The summed E-state index contributed by atoms with van der Waals surface area (Å²) in [7, 11) is 1.16. The normalized spacial score (nSPS) is 19.7. The number of hydrazine groups is 1. The number of rotatable bonds is 16. The van der Waals surface area contributed by atoms with Gasteiger partial charge >= 0.3 is 19.2 Å². The molecule has 4 aromatic rings. The molecule has 7 rings (SSSR count). The summed E-state index contributed by atoms with van der Waals surface area (Å²) in [5.41, 5.74) is 9.81. The van der Waals surface area contributed by atoms with Gasteiger partial charge < -0.3 is 43.0 Å². The molecule has 2 atom stereocenters. The van der Waals surface area contributed by atoms with Crippen molar-refractivity contribution in [3.05, 3.63) is 77.6 Å². The van der Waals surface area contributed by atoms with E-state index in [-0.39, 0.29) is 30.3 Å². The fraction of sp³-hybridized carbons (Fsp3) is 0.571. The van der Waals surface area contributed by atoms with Crippen molar-refractivity contribution in [3.8, 4) is 11.3 Å². The number of amides is 1. The number of methoxy groups -OCH3 is 1. The predicted molar refractivity (Wildman–Crippen MR) is 251 cm³/mol. The molecule has 0 spiro atoms. The monoisotopic (exact) mass is 881 g/mol. The number of pyridine rings is 1. The molecular weight excluding hydrogens is 811 g/mol. The second kappa shape index (κ2) is 19.5. The standard InChI is InChI=1S/C49H69BN6O8/c1-33(2)61-26-25-56-42-19-18-36(50-63-48(6,7)49(8,9)64-50)27-38(42)40(29-47(4,5)32-55-20-14-17-41(52-55)45(57)58)44(56)39-28-37(30-51-43(39)34(3)60-10)53-21-23-54(24-22-53)46(59)62-31-35-15-12-11-13-16-35/h11-13,15-16,18-19,27-28,30,33-34,41,52H,14,17,20-26,29,31-32H2,1-10H3,(H,57,58)/t34?,41-/m0/s1. The van der Waals surface area contributed by atoms with Crippen LogP contribution in [-0.2, 0) is 47.9 Å². The van der Waals surface area contributed by atoms with E-state index in [1.165, 1.54) is 0 Å². The smallest absolute Gasteiger partial charge is 0.480 e. The lowest BCUT2D eigenvalue weighted by molar-refractivity contribution is -0.142. The number of aromatic nitrogens is 2. The van der Waals surface area contributed by atoms with Crippen molar-refractivity contribution in [2.24, 2.45) is 5.41 Å². The number of hydrogen-bond acceptors (Lipinski definition) is 11. The lowest BCUT2D eigenvalue weighted by Gasteiger charge is -2.38. The average Bonchev–Trinajstić information content (AvgIpc) is 3.68. The highest BCUT2D eigenvalue weighted by Gasteiger charge is 2.52. The number of nitrogens with one attached hydrogen (secondary N) is 1. The largest absolute Gasteiger partial charge is 0.494 e. The zero-order valence-electron chi connectivity index (χ0n) is 39.6. The van der Waals surface area contributed by atoms with Gasteiger partial charge in [0.1, 0.15) is 12.6 Å². The zero-order chi connectivity index (χ0) is 46.0. The number of aliphatic carboxylic acids is 1. The van der Waals surface area contributed by atoms with E-state index in [2.05, 4.69) is 99.6 Å². The molecule has 15 heteroatoms. The minimum absolute atomic E-state index is 0.0497. The first-order valence-corrected chi connectivity index (χ1v) is 23.0. The second-order valence-corrected chi connectivity index (χ2v) is 19.7. The van der Waals surface area contributed by atoms with Gasteiger partial charge in [-0.1, -0.05) is 56.3 Å². The van der Waals surface area contributed by atoms with Crippen LogP contribution >= 0.6 is 0 Å². The Bertz CT molecular complexity index is 2240. The third-order valence-electron chi connectivity index (χ3n) is 13.3. The van der Waals surface area contributed by atoms with E-state index in [4.69, 9.17) is 28.5 Å². The lowest BCUT2D eigenvalue weighted by atomic mass is 9.77. The van der Waals surface area contributed by atoms with Crippen molar-refractivity contribution in [1.29, 1.82) is 0 Å². The molecule has 0 radical (unpaired) electrons. The Hall–Kier alpha value is -4.51. The number of fused-ring (bicyclic) bond motifs is 1. The van der Waals surface area contributed by atoms with Gasteiger partial charge in [0.25, 0.3) is 0 Å². The van der Waals surface area contributed by atoms with E-state index in [1.54, 1.807) is 12.0 Å². The molecule has 5 heterocycles. The summed E-state index contributed by atoms with van der Waals surface area (Å²) in [5.74, 6) is -0.830. The minimum atomic E-state index is -0.830. The van der Waals surface area contributed by atoms with Gasteiger partial charge in [-0.3, -0.25) is 9.78 Å². The Kier molecular flexibility index (Phi) is 14.5. The van der Waals surface area contributed by atoms with E-state index in [9.17, 15) is 14.7 Å². The summed E-state index contributed by atoms with van der Waals surface area (Å²) in [6.45, 7) is 23.9. The van der Waals surface area contributed by atoms with Crippen molar-refractivity contribution < 1.29 is 38.2 Å². The van der Waals surface area contributed by atoms with Crippen molar-refractivity contribution >= 4 is 41.2 Å². The first-order valence-electron chi connectivity index (χ1n) is 23.0. The van der Waals surface area contributed by atoms with Crippen molar-refractivity contribution in [2.75, 3.05) is 57.9 Å². The number of benzene rings is 2. The van der Waals surface area contributed by atoms with Crippen LogP contribution in [0.4, 0.5) is 10.5 Å². The van der Waals surface area contributed by atoms with E-state index >= 15 is 0 Å². The van der Waals surface area contributed by atoms with Crippen molar-refractivity contribution in [2.45, 2.75) is 124 Å². The van der Waals surface area contributed by atoms with Crippen LogP contribution < -0.4 is 15.8 Å². The number of anilines is 1. The first kappa shape index (κ1) is 47.5. The van der Waals surface area contributed by atoms with Crippen LogP contribution in [0.1, 0.15) is 98.1 Å². The number of ether oxygens (including phenoxy) is 3. The molecule has 2 aromatic carbocycles. The summed E-state index contributed by atoms with van der Waals surface area (Å²) in [4.78, 5) is 34.5. The number of carbonyl (C=O) groups excluding carboxylic acids is 1. The Morgan fingerprint density at radius 2 is 1.69 bits per heavy atom. The molecule has 3 saturated heterocycles. The Morgan fingerprint density at radius 3 is 2.34 bits per heavy atom. The summed E-state index contributed by atoms with van der Waals surface area (Å²) in [5, 5.41) is 13.1. The third kappa shape index (κ3) is 10.6. The van der Waals surface area contributed by atoms with Crippen LogP contribution in [0.3, 0.4) is 0 Å². The highest BCUT2D eigenvalue weighted by atomic mass is 16.7. The maximum absolute atomic E-state index is 13.1. The number of nitrogens with zero attached hydrogens (tertiary/aromatic N) is 5. The average molecular weight is 881 g/mol. The Morgan fingerprint density at radius 1 is 0.984 bits per heavy atom. The highest BCUT2D eigenvalue weighted by molar-refractivity contribution is 6.62. The molecule has 3 aliphatic rings. The van der Waals surface area contributed by atoms with Crippen LogP contribution in [0.15, 0.2) is 60.8 Å². The topological polar surface area (TPSA) is 140 Å². The molecule has 0 saturated carbocycles. The molecular formula is C49H69BN6O8. The molecule has 2 N–H and O–H groups in total. The summed E-state index contributed by atoms with van der Waals surface area (Å²) < 4.78 is 33.6. The molecule has 2 aromatic heterocycles. The molecule has 0 aliphatic carbocycles. The van der Waals surface area contributed by atoms with Gasteiger partial charge in [0.05, 0.1) is 53.3 Å². The zero-order valence-corrected chi connectivity index (χ0v) is 39.6. The number of carboxylic acid groups (broad SMARTS) is 1. The number of hydrogen-bond donors (Lipinski definition) is 2. The van der Waals surface area contributed by atoms with Crippen molar-refractivity contribution in [3.63, 3.8) is 0 Å². The van der Waals surface area contributed by atoms with Crippen LogP contribution in [-0.4, -0.2) is 120 Å². The van der Waals surface area contributed by atoms with Crippen LogP contribution in [0, 0.1) is 5.41 Å². The second-order valence-electron chi connectivity index (χ2n) is 19.7. The quantitative estimate of drug-likeness (QED) is 0.110. The van der Waals surface area contributed by atoms with Crippen LogP contribution in [0.5, 0.6) is 0 Å². The SMILES string of the molecule is COC(C)c1ncc(N2CCN(C(=O)OCc3ccccc3)CC2)cc1-c1c(CC(C)(C)CN2CCC[C@@H](C(=O)O)N2)c2cc(B3OC(C)(C)C(C)(C)O3)ccc2n1CCOC(C)C. The van der Waals surface area contributed by atoms with Gasteiger partial charge in [0, 0.05) is 69.4 Å². The van der Waals surface area contributed by atoms with E-state index in [0.717, 1.165) is 63.1 Å². The molecule has 3 fully saturated rings. The third-order valence-corrected chi connectivity index (χ3v) is 13.3. The summed E-state index contributed by atoms with van der Waals surface area (Å²) in [6, 6.07) is 17.9. The summed E-state index contributed by atoms with van der Waals surface area (Å²) in [6.07, 6.45) is 3.39. The molecule has 346 valence electrons. The molecule has 3 aliphatic heterocycles. The number of piperazine rings is 1. The van der Waals surface area contributed by atoms with Gasteiger partial charge in [-0.05, 0) is 102 Å². The van der Waals surface area contributed by atoms with Gasteiger partial charge in [0.2, 0.25) is 0 Å². The first-order chi connectivity index (χ1) is 30.4. The number of carboxylic acids is 1. The van der Waals surface area contributed by atoms with E-state index in [1.807, 2.05) is 43.5 Å². The summed E-state index contributed by atoms with van der Waals surface area (Å²) >= 11 is 0. The predicted octanol–water partition coefficient (Wildman–Crippen LogP) is 7.22. The fourth-order valence-corrected chi connectivity index (χ4v) is 9.08. The van der Waals surface area contributed by atoms with Gasteiger partial charge in [-0.15, -0.1) is 0 Å². The number of carbonyl (C=O) groups is 2. The highest BCUT2D eigenvalue weighted by Crippen LogP contribution is 2.43. The molecule has 0 bridgehead atoms. The van der Waals surface area contributed by atoms with Gasteiger partial charge in [0.15, 0.2) is 0 Å². The fourth-order valence-electron chi connectivity index (χ4n) is 9.08. The molecule has 1 amide bonds. The van der Waals surface area contributed by atoms with Gasteiger partial charge in [-0.25, -0.2) is 15.2 Å². The molecule has 64 heavy (non-hydrogen) atoms. The van der Waals surface area contributed by atoms with Crippen molar-refractivity contribution in [1.82, 2.24) is 24.9 Å². The lowest BCUT2D eigenvalue weighted by Crippen LogP contribution is -2.55. The molecule has 1 unspecified atom stereocenters. The Labute approximate surface area is 379 Å². The minimum Gasteiger partial charge on any atom is -0.480 e. The Balaban J connectivity index is 1.31. The maximum Gasteiger partial charge on any atom is 0.494 e. The maximum atomic E-state index is 13.1. The van der Waals surface area contributed by atoms with Crippen LogP contribution in [0.25, 0.3) is 22.2 Å². The van der Waals surface area contributed by atoms with E-state index < -0.39 is 30.3 Å².